The number of rotatable bonds is 4. The maximum absolute atomic E-state index is 11.9. The molecule has 1 aromatic carbocycles. The average molecular weight is 298 g/mol. The minimum Gasteiger partial charge on any atom is -0.493 e. The molecule has 2 heterocycles. The summed E-state index contributed by atoms with van der Waals surface area (Å²) >= 11 is 0. The van der Waals surface area contributed by atoms with Crippen LogP contribution in [0.4, 0.5) is 0 Å². The molecule has 0 unspecified atom stereocenters. The van der Waals surface area contributed by atoms with E-state index in [1.54, 1.807) is 63.0 Å². The van der Waals surface area contributed by atoms with Crippen LogP contribution >= 0.6 is 0 Å². The monoisotopic (exact) mass is 298 g/mol. The van der Waals surface area contributed by atoms with Crippen LogP contribution in [0.1, 0.15) is 11.3 Å². The first-order valence-corrected chi connectivity index (χ1v) is 6.63. The zero-order valence-corrected chi connectivity index (χ0v) is 12.2. The summed E-state index contributed by atoms with van der Waals surface area (Å²) in [6.45, 7) is 0. The number of cyclic esters (lactones) is 1. The summed E-state index contributed by atoms with van der Waals surface area (Å²) in [5.41, 5.74) is 1.16. The molecule has 0 N–H and O–H groups in total. The smallest absolute Gasteiger partial charge is 0.343 e. The van der Waals surface area contributed by atoms with Crippen LogP contribution in [0.25, 0.3) is 11.8 Å². The molecule has 0 radical (unpaired) electrons. The maximum atomic E-state index is 11.9. The van der Waals surface area contributed by atoms with E-state index in [4.69, 9.17) is 18.6 Å². The Morgan fingerprint density at radius 3 is 2.59 bits per heavy atom. The Balaban J connectivity index is 1.94. The highest BCUT2D eigenvalue weighted by atomic mass is 16.5. The van der Waals surface area contributed by atoms with Crippen LogP contribution in [0.3, 0.4) is 0 Å². The molecule has 22 heavy (non-hydrogen) atoms. The Morgan fingerprint density at radius 1 is 1.09 bits per heavy atom. The number of benzene rings is 1. The Kier molecular flexibility index (Phi) is 3.70. The standard InChI is InChI=1S/C17H14O5/c1-19-14-6-5-11(9-16(14)20-2)15-10-12(17(18)22-15)8-13-4-3-7-21-13/h3-10H,1-2H3/b12-8+. The minimum absolute atomic E-state index is 0.416. The van der Waals surface area contributed by atoms with Gasteiger partial charge >= 0.3 is 5.97 Å². The number of furan rings is 1. The second-order valence-corrected chi connectivity index (χ2v) is 4.58. The van der Waals surface area contributed by atoms with E-state index in [-0.39, 0.29) is 0 Å². The average Bonchev–Trinajstić information content (AvgIpc) is 3.17. The molecule has 0 saturated heterocycles. The van der Waals surface area contributed by atoms with Gasteiger partial charge in [0, 0.05) is 5.56 Å². The molecule has 0 amide bonds. The molecule has 0 fully saturated rings. The van der Waals surface area contributed by atoms with Crippen LogP contribution in [0.5, 0.6) is 11.5 Å². The Labute approximate surface area is 127 Å². The summed E-state index contributed by atoms with van der Waals surface area (Å²) < 4.78 is 20.9. The minimum atomic E-state index is -0.416. The molecule has 0 aliphatic carbocycles. The molecule has 5 heteroatoms. The quantitative estimate of drug-likeness (QED) is 0.640. The third-order valence-corrected chi connectivity index (χ3v) is 3.23. The third kappa shape index (κ3) is 2.61. The Bertz CT molecular complexity index is 753. The van der Waals surface area contributed by atoms with E-state index in [1.165, 1.54) is 0 Å². The predicted octanol–water partition coefficient (Wildman–Crippen LogP) is 3.28. The molecule has 1 aliphatic rings. The molecule has 1 aromatic heterocycles. The first-order valence-electron chi connectivity index (χ1n) is 6.63. The highest BCUT2D eigenvalue weighted by Crippen LogP contribution is 2.33. The van der Waals surface area contributed by atoms with Crippen LogP contribution in [-0.2, 0) is 9.53 Å². The van der Waals surface area contributed by atoms with Crippen molar-refractivity contribution in [1.82, 2.24) is 0 Å². The van der Waals surface area contributed by atoms with E-state index in [2.05, 4.69) is 0 Å². The van der Waals surface area contributed by atoms with Gasteiger partial charge < -0.3 is 18.6 Å². The highest BCUT2D eigenvalue weighted by molar-refractivity contribution is 6.04. The molecule has 0 saturated carbocycles. The number of carbonyl (C=O) groups is 1. The molecule has 0 bridgehead atoms. The topological polar surface area (TPSA) is 57.9 Å². The van der Waals surface area contributed by atoms with Crippen molar-refractivity contribution in [3.05, 3.63) is 59.6 Å². The molecule has 0 atom stereocenters. The second-order valence-electron chi connectivity index (χ2n) is 4.58. The fourth-order valence-corrected chi connectivity index (χ4v) is 2.15. The Morgan fingerprint density at radius 2 is 1.91 bits per heavy atom. The van der Waals surface area contributed by atoms with Gasteiger partial charge in [0.15, 0.2) is 11.5 Å². The van der Waals surface area contributed by atoms with Crippen molar-refractivity contribution in [2.24, 2.45) is 0 Å². The van der Waals surface area contributed by atoms with Crippen LogP contribution in [-0.4, -0.2) is 20.2 Å². The second kappa shape index (κ2) is 5.81. The summed E-state index contributed by atoms with van der Waals surface area (Å²) in [5, 5.41) is 0. The molecule has 0 spiro atoms. The van der Waals surface area contributed by atoms with Crippen molar-refractivity contribution in [3.63, 3.8) is 0 Å². The van der Waals surface area contributed by atoms with E-state index >= 15 is 0 Å². The molecule has 3 rings (SSSR count). The fraction of sp³-hybridized carbons (Fsp3) is 0.118. The van der Waals surface area contributed by atoms with Crippen LogP contribution in [0.15, 0.2) is 52.7 Å². The van der Waals surface area contributed by atoms with Gasteiger partial charge in [-0.25, -0.2) is 4.79 Å². The van der Waals surface area contributed by atoms with Gasteiger partial charge in [-0.1, -0.05) is 0 Å². The number of hydrogen-bond donors (Lipinski definition) is 0. The highest BCUT2D eigenvalue weighted by Gasteiger charge is 2.23. The van der Waals surface area contributed by atoms with Crippen LogP contribution in [0, 0.1) is 0 Å². The van der Waals surface area contributed by atoms with E-state index in [0.717, 1.165) is 5.56 Å². The lowest BCUT2D eigenvalue weighted by atomic mass is 10.1. The summed E-state index contributed by atoms with van der Waals surface area (Å²) in [7, 11) is 3.12. The van der Waals surface area contributed by atoms with E-state index in [0.29, 0.717) is 28.6 Å². The lowest BCUT2D eigenvalue weighted by Crippen LogP contribution is -1.97. The van der Waals surface area contributed by atoms with Crippen molar-refractivity contribution in [2.45, 2.75) is 0 Å². The van der Waals surface area contributed by atoms with E-state index in [9.17, 15) is 4.79 Å². The van der Waals surface area contributed by atoms with Crippen LogP contribution < -0.4 is 9.47 Å². The first-order chi connectivity index (χ1) is 10.7. The molecule has 1 aliphatic heterocycles. The van der Waals surface area contributed by atoms with Gasteiger partial charge in [-0.15, -0.1) is 0 Å². The summed E-state index contributed by atoms with van der Waals surface area (Å²) in [6, 6.07) is 8.84. The number of methoxy groups -OCH3 is 2. The van der Waals surface area contributed by atoms with Crippen molar-refractivity contribution in [2.75, 3.05) is 14.2 Å². The largest absolute Gasteiger partial charge is 0.493 e. The summed E-state index contributed by atoms with van der Waals surface area (Å²) in [4.78, 5) is 11.9. The fourth-order valence-electron chi connectivity index (χ4n) is 2.15. The normalized spacial score (nSPS) is 15.6. The van der Waals surface area contributed by atoms with Crippen molar-refractivity contribution in [1.29, 1.82) is 0 Å². The molecule has 112 valence electrons. The lowest BCUT2D eigenvalue weighted by molar-refractivity contribution is -0.130. The van der Waals surface area contributed by atoms with Gasteiger partial charge in [0.25, 0.3) is 0 Å². The van der Waals surface area contributed by atoms with E-state index < -0.39 is 5.97 Å². The molecule has 2 aromatic rings. The van der Waals surface area contributed by atoms with Crippen molar-refractivity contribution >= 4 is 17.8 Å². The van der Waals surface area contributed by atoms with Gasteiger partial charge in [0.05, 0.1) is 26.1 Å². The maximum Gasteiger partial charge on any atom is 0.343 e. The summed E-state index contributed by atoms with van der Waals surface area (Å²) in [6.07, 6.45) is 4.85. The van der Waals surface area contributed by atoms with Gasteiger partial charge in [-0.05, 0) is 42.5 Å². The van der Waals surface area contributed by atoms with E-state index in [1.807, 2.05) is 0 Å². The van der Waals surface area contributed by atoms with Crippen LogP contribution in [0.2, 0.25) is 0 Å². The molecule has 5 nitrogen and oxygen atoms in total. The van der Waals surface area contributed by atoms with Gasteiger partial charge in [0.1, 0.15) is 11.5 Å². The zero-order valence-electron chi connectivity index (χ0n) is 12.2. The van der Waals surface area contributed by atoms with Gasteiger partial charge in [-0.3, -0.25) is 0 Å². The van der Waals surface area contributed by atoms with Crippen molar-refractivity contribution < 1.29 is 23.4 Å². The SMILES string of the molecule is COc1ccc(C2=C/C(=C\c3ccco3)C(=O)O2)cc1OC. The lowest BCUT2D eigenvalue weighted by Gasteiger charge is -2.09. The first kappa shape index (κ1) is 14.0. The third-order valence-electron chi connectivity index (χ3n) is 3.23. The van der Waals surface area contributed by atoms with Gasteiger partial charge in [-0.2, -0.15) is 0 Å². The van der Waals surface area contributed by atoms with Crippen molar-refractivity contribution in [3.8, 4) is 11.5 Å². The number of ether oxygens (including phenoxy) is 3. The number of hydrogen-bond acceptors (Lipinski definition) is 5. The zero-order chi connectivity index (χ0) is 15.5. The predicted molar refractivity (Wildman–Crippen MR) is 80.3 cm³/mol. The molecular weight excluding hydrogens is 284 g/mol. The molecular formula is C17H14O5. The number of esters is 1. The summed E-state index contributed by atoms with van der Waals surface area (Å²) in [5.74, 6) is 1.82. The number of carbonyl (C=O) groups excluding carboxylic acids is 1. The van der Waals surface area contributed by atoms with Gasteiger partial charge in [0.2, 0.25) is 0 Å². The Hall–Kier alpha value is -2.95.